The Morgan fingerprint density at radius 2 is 1.40 bits per heavy atom. The minimum absolute atomic E-state index is 0.0233. The molecule has 3 aromatic carbocycles. The van der Waals surface area contributed by atoms with Crippen molar-refractivity contribution in [2.24, 2.45) is 0 Å². The molecule has 0 fully saturated rings. The molecule has 0 atom stereocenters. The summed E-state index contributed by atoms with van der Waals surface area (Å²) in [6.45, 7) is 5.56. The molecule has 1 heterocycles. The van der Waals surface area contributed by atoms with Gasteiger partial charge in [0, 0.05) is 42.8 Å². The van der Waals surface area contributed by atoms with E-state index in [4.69, 9.17) is 10.1 Å². The molecule has 7 nitrogen and oxygen atoms in total. The maximum atomic E-state index is 11.5. The van der Waals surface area contributed by atoms with Crippen LogP contribution < -0.4 is 21.3 Å². The van der Waals surface area contributed by atoms with Crippen molar-refractivity contribution >= 4 is 33.3 Å². The first kappa shape index (κ1) is 29.5. The Labute approximate surface area is 237 Å². The zero-order valence-electron chi connectivity index (χ0n) is 23.4. The summed E-state index contributed by atoms with van der Waals surface area (Å²) in [6.07, 6.45) is 5.18. The van der Waals surface area contributed by atoms with Gasteiger partial charge in [-0.1, -0.05) is 54.6 Å². The Morgan fingerprint density at radius 3 is 2.20 bits per heavy atom. The summed E-state index contributed by atoms with van der Waals surface area (Å²) in [6, 6.07) is 25.5. The van der Waals surface area contributed by atoms with Gasteiger partial charge in [0.1, 0.15) is 0 Å². The van der Waals surface area contributed by atoms with Gasteiger partial charge in [-0.05, 0) is 87.3 Å². The molecule has 212 valence electrons. The second-order valence-corrected chi connectivity index (χ2v) is 10.2. The lowest BCUT2D eigenvalue weighted by Gasteiger charge is -2.13. The SMILES string of the molecule is O=C(CCCO)NCCCNCCCCNCCCNc1cc(-c2ccc3ccccc3c2)nc2ccccc12. The number of carbonyl (C=O) groups is 1. The maximum Gasteiger partial charge on any atom is 0.220 e. The van der Waals surface area contributed by atoms with Crippen molar-refractivity contribution in [1.82, 2.24) is 20.9 Å². The normalized spacial score (nSPS) is 11.2. The number of hydrogen-bond acceptors (Lipinski definition) is 6. The van der Waals surface area contributed by atoms with Crippen LogP contribution in [0.3, 0.4) is 0 Å². The Kier molecular flexibility index (Phi) is 12.2. The number of para-hydroxylation sites is 1. The fourth-order valence-corrected chi connectivity index (χ4v) is 4.77. The molecule has 1 amide bonds. The zero-order valence-corrected chi connectivity index (χ0v) is 23.4. The fraction of sp³-hybridized carbons (Fsp3) is 0.394. The first-order chi connectivity index (χ1) is 19.7. The van der Waals surface area contributed by atoms with E-state index in [1.54, 1.807) is 0 Å². The van der Waals surface area contributed by atoms with Crippen molar-refractivity contribution in [1.29, 1.82) is 0 Å². The van der Waals surface area contributed by atoms with Crippen molar-refractivity contribution < 1.29 is 9.90 Å². The number of rotatable bonds is 18. The molecular formula is C33H43N5O2. The molecule has 0 saturated carbocycles. The van der Waals surface area contributed by atoms with Gasteiger partial charge in [0.25, 0.3) is 0 Å². The number of amides is 1. The summed E-state index contributed by atoms with van der Waals surface area (Å²) < 4.78 is 0. The van der Waals surface area contributed by atoms with E-state index in [1.807, 2.05) is 6.07 Å². The number of fused-ring (bicyclic) bond motifs is 2. The van der Waals surface area contributed by atoms with E-state index in [1.165, 1.54) is 10.8 Å². The van der Waals surface area contributed by atoms with E-state index in [9.17, 15) is 4.79 Å². The Bertz CT molecular complexity index is 1340. The monoisotopic (exact) mass is 541 g/mol. The predicted octanol–water partition coefficient (Wildman–Crippen LogP) is 5.10. The number of aromatic nitrogens is 1. The molecule has 1 aromatic heterocycles. The Morgan fingerprint density at radius 1 is 0.700 bits per heavy atom. The molecule has 0 bridgehead atoms. The summed E-state index contributed by atoms with van der Waals surface area (Å²) in [5.74, 6) is 0.0233. The third-order valence-corrected chi connectivity index (χ3v) is 6.98. The number of nitrogens with one attached hydrogen (secondary N) is 4. The van der Waals surface area contributed by atoms with Crippen LogP contribution >= 0.6 is 0 Å². The van der Waals surface area contributed by atoms with Crippen LogP contribution in [0.15, 0.2) is 72.8 Å². The van der Waals surface area contributed by atoms with Crippen LogP contribution in [0.25, 0.3) is 32.9 Å². The van der Waals surface area contributed by atoms with Gasteiger partial charge >= 0.3 is 0 Å². The standard InChI is InChI=1S/C33H43N5O2/c39-23-7-14-33(40)37-22-9-20-35-18-6-5-17-34-19-8-21-36-32-25-31(38-30-13-4-3-12-29(30)32)28-16-15-26-10-1-2-11-27(26)24-28/h1-4,10-13,15-16,24-25,34-35,39H,5-9,14,17-23H2,(H,36,38)(H,37,40). The lowest BCUT2D eigenvalue weighted by atomic mass is 10.0. The fourth-order valence-electron chi connectivity index (χ4n) is 4.77. The van der Waals surface area contributed by atoms with Crippen molar-refractivity contribution in [2.75, 3.05) is 51.2 Å². The first-order valence-electron chi connectivity index (χ1n) is 14.7. The molecule has 4 aromatic rings. The zero-order chi connectivity index (χ0) is 27.8. The molecule has 5 N–H and O–H groups in total. The van der Waals surface area contributed by atoms with E-state index >= 15 is 0 Å². The molecule has 0 aliphatic carbocycles. The quantitative estimate of drug-likeness (QED) is 0.113. The van der Waals surface area contributed by atoms with Gasteiger partial charge in [-0.25, -0.2) is 4.98 Å². The van der Waals surface area contributed by atoms with E-state index in [2.05, 4.69) is 88.0 Å². The van der Waals surface area contributed by atoms with Crippen molar-refractivity contribution in [2.45, 2.75) is 38.5 Å². The molecule has 0 aliphatic rings. The third kappa shape index (κ3) is 9.30. The molecule has 0 aliphatic heterocycles. The van der Waals surface area contributed by atoms with Crippen LogP contribution in [-0.4, -0.2) is 61.9 Å². The second-order valence-electron chi connectivity index (χ2n) is 10.2. The number of carbonyl (C=O) groups excluding carboxylic acids is 1. The number of unbranched alkanes of at least 4 members (excludes halogenated alkanes) is 1. The summed E-state index contributed by atoms with van der Waals surface area (Å²) in [5.41, 5.74) is 4.25. The van der Waals surface area contributed by atoms with Crippen LogP contribution in [0.2, 0.25) is 0 Å². The molecule has 40 heavy (non-hydrogen) atoms. The van der Waals surface area contributed by atoms with Gasteiger partial charge in [0.05, 0.1) is 11.2 Å². The van der Waals surface area contributed by atoms with Gasteiger partial charge in [0.15, 0.2) is 0 Å². The predicted molar refractivity (Wildman–Crippen MR) is 167 cm³/mol. The van der Waals surface area contributed by atoms with Gasteiger partial charge in [-0.2, -0.15) is 0 Å². The van der Waals surface area contributed by atoms with Crippen LogP contribution in [0.5, 0.6) is 0 Å². The molecule has 7 heteroatoms. The van der Waals surface area contributed by atoms with Gasteiger partial charge in [0.2, 0.25) is 5.91 Å². The molecule has 0 unspecified atom stereocenters. The third-order valence-electron chi connectivity index (χ3n) is 6.98. The van der Waals surface area contributed by atoms with Gasteiger partial charge < -0.3 is 26.4 Å². The van der Waals surface area contributed by atoms with Crippen molar-refractivity contribution in [3.8, 4) is 11.3 Å². The van der Waals surface area contributed by atoms with Crippen LogP contribution in [0, 0.1) is 0 Å². The highest BCUT2D eigenvalue weighted by Gasteiger charge is 2.08. The number of nitrogens with zero attached hydrogens (tertiary/aromatic N) is 1. The highest BCUT2D eigenvalue weighted by molar-refractivity contribution is 5.95. The summed E-state index contributed by atoms with van der Waals surface area (Å²) in [5, 5.41) is 25.9. The number of anilines is 1. The molecule has 0 radical (unpaired) electrons. The number of pyridine rings is 1. The van der Waals surface area contributed by atoms with Crippen LogP contribution in [-0.2, 0) is 4.79 Å². The van der Waals surface area contributed by atoms with Gasteiger partial charge in [-0.3, -0.25) is 4.79 Å². The highest BCUT2D eigenvalue weighted by atomic mass is 16.3. The number of aliphatic hydroxyl groups excluding tert-OH is 1. The van der Waals surface area contributed by atoms with Gasteiger partial charge in [-0.15, -0.1) is 0 Å². The Balaban J connectivity index is 1.13. The van der Waals surface area contributed by atoms with Crippen molar-refractivity contribution in [3.63, 3.8) is 0 Å². The smallest absolute Gasteiger partial charge is 0.220 e. The maximum absolute atomic E-state index is 11.5. The average molecular weight is 542 g/mol. The lowest BCUT2D eigenvalue weighted by molar-refractivity contribution is -0.121. The largest absolute Gasteiger partial charge is 0.396 e. The van der Waals surface area contributed by atoms with Crippen LogP contribution in [0.1, 0.15) is 38.5 Å². The summed E-state index contributed by atoms with van der Waals surface area (Å²) >= 11 is 0. The highest BCUT2D eigenvalue weighted by Crippen LogP contribution is 2.30. The van der Waals surface area contributed by atoms with Crippen molar-refractivity contribution in [3.05, 3.63) is 72.8 Å². The summed E-state index contributed by atoms with van der Waals surface area (Å²) in [7, 11) is 0. The lowest BCUT2D eigenvalue weighted by Crippen LogP contribution is -2.27. The Hall–Kier alpha value is -3.52. The van der Waals surface area contributed by atoms with E-state index in [0.717, 1.165) is 86.3 Å². The minimum Gasteiger partial charge on any atom is -0.396 e. The van der Waals surface area contributed by atoms with Crippen LogP contribution in [0.4, 0.5) is 5.69 Å². The molecular weight excluding hydrogens is 498 g/mol. The second kappa shape index (κ2) is 16.6. The van der Waals surface area contributed by atoms with E-state index < -0.39 is 0 Å². The topological polar surface area (TPSA) is 98.3 Å². The first-order valence-corrected chi connectivity index (χ1v) is 14.7. The average Bonchev–Trinajstić information content (AvgIpc) is 2.99. The molecule has 0 spiro atoms. The molecule has 0 saturated heterocycles. The van der Waals surface area contributed by atoms with E-state index in [-0.39, 0.29) is 12.5 Å². The molecule has 4 rings (SSSR count). The minimum atomic E-state index is 0.0233. The van der Waals surface area contributed by atoms with E-state index in [0.29, 0.717) is 19.4 Å². The number of aliphatic hydroxyl groups is 1. The number of benzene rings is 3. The number of hydrogen-bond donors (Lipinski definition) is 5. The summed E-state index contributed by atoms with van der Waals surface area (Å²) in [4.78, 5) is 16.4.